The molecule has 0 N–H and O–H groups in total. The van der Waals surface area contributed by atoms with Gasteiger partial charge in [0.2, 0.25) is 20.9 Å². The molecule has 110 valence electrons. The van der Waals surface area contributed by atoms with Gasteiger partial charge in [-0.15, -0.1) is 11.3 Å². The van der Waals surface area contributed by atoms with E-state index < -0.39 is 9.84 Å². The second-order valence-corrected chi connectivity index (χ2v) is 7.26. The van der Waals surface area contributed by atoms with Gasteiger partial charge in [0.1, 0.15) is 17.8 Å². The lowest BCUT2D eigenvalue weighted by Crippen LogP contribution is -2.12. The number of hydrogen-bond donors (Lipinski definition) is 0. The fraction of sp³-hybridized carbons (Fsp3) is 0.250. The number of oxazole rings is 1. The molecular weight excluding hydrogens is 312 g/mol. The van der Waals surface area contributed by atoms with E-state index in [0.29, 0.717) is 17.3 Å². The lowest BCUT2D eigenvalue weighted by atomic mass is 10.4. The third-order valence-corrected chi connectivity index (χ3v) is 5.34. The van der Waals surface area contributed by atoms with Crippen LogP contribution in [0.15, 0.2) is 33.4 Å². The van der Waals surface area contributed by atoms with Crippen LogP contribution in [0.5, 0.6) is 0 Å². The minimum Gasteiger partial charge on any atom is -0.440 e. The van der Waals surface area contributed by atoms with Crippen molar-refractivity contribution in [2.24, 2.45) is 7.05 Å². The van der Waals surface area contributed by atoms with E-state index in [4.69, 9.17) is 4.42 Å². The minimum atomic E-state index is -3.61. The lowest BCUT2D eigenvalue weighted by Gasteiger charge is -2.01. The standard InChI is InChI=1S/C12H12N4O3S2/c1-8-9(15-11(19-8)10-4-3-5-20-10)6-21(17,18)12-13-7-14-16(12)2/h3-5,7H,6H2,1-2H3. The normalized spacial score (nSPS) is 11.9. The van der Waals surface area contributed by atoms with E-state index in [1.54, 1.807) is 6.92 Å². The van der Waals surface area contributed by atoms with Crippen molar-refractivity contribution < 1.29 is 12.8 Å². The van der Waals surface area contributed by atoms with Crippen LogP contribution in [0.1, 0.15) is 11.5 Å². The van der Waals surface area contributed by atoms with Crippen LogP contribution in [0.3, 0.4) is 0 Å². The van der Waals surface area contributed by atoms with E-state index in [0.717, 1.165) is 4.88 Å². The van der Waals surface area contributed by atoms with E-state index in [1.807, 2.05) is 17.5 Å². The van der Waals surface area contributed by atoms with Crippen LogP contribution < -0.4 is 0 Å². The summed E-state index contributed by atoms with van der Waals surface area (Å²) in [5, 5.41) is 5.60. The predicted molar refractivity (Wildman–Crippen MR) is 76.4 cm³/mol. The SMILES string of the molecule is Cc1oc(-c2cccs2)nc1CS(=O)(=O)c1ncnn1C. The Bertz CT molecular complexity index is 862. The molecule has 7 nitrogen and oxygen atoms in total. The first-order valence-corrected chi connectivity index (χ1v) is 8.57. The van der Waals surface area contributed by atoms with Crippen molar-refractivity contribution in [1.82, 2.24) is 19.7 Å². The molecule has 9 heteroatoms. The molecule has 0 atom stereocenters. The van der Waals surface area contributed by atoms with E-state index in [2.05, 4.69) is 15.1 Å². The summed E-state index contributed by atoms with van der Waals surface area (Å²) >= 11 is 1.48. The first kappa shape index (κ1) is 14.0. The minimum absolute atomic E-state index is 0.0810. The Kier molecular flexibility index (Phi) is 3.38. The molecule has 3 aromatic rings. The van der Waals surface area contributed by atoms with Crippen LogP contribution in [-0.4, -0.2) is 28.2 Å². The number of sulfone groups is 1. The summed E-state index contributed by atoms with van der Waals surface area (Å²) in [7, 11) is -2.07. The molecule has 0 saturated carbocycles. The summed E-state index contributed by atoms with van der Waals surface area (Å²) < 4.78 is 31.4. The van der Waals surface area contributed by atoms with Gasteiger partial charge in [-0.3, -0.25) is 0 Å². The quantitative estimate of drug-likeness (QED) is 0.727. The molecule has 0 amide bonds. The topological polar surface area (TPSA) is 90.9 Å². The average Bonchev–Trinajstić information content (AvgIpc) is 3.11. The zero-order valence-corrected chi connectivity index (χ0v) is 13.0. The van der Waals surface area contributed by atoms with E-state index in [9.17, 15) is 8.42 Å². The van der Waals surface area contributed by atoms with Crippen molar-refractivity contribution >= 4 is 21.2 Å². The largest absolute Gasteiger partial charge is 0.440 e. The second kappa shape index (κ2) is 5.08. The molecule has 0 saturated heterocycles. The summed E-state index contributed by atoms with van der Waals surface area (Å²) in [6, 6.07) is 3.76. The molecule has 0 unspecified atom stereocenters. The predicted octanol–water partition coefficient (Wildman–Crippen LogP) is 1.81. The number of thiophene rings is 1. The van der Waals surface area contributed by atoms with Gasteiger partial charge in [-0.25, -0.2) is 23.1 Å². The van der Waals surface area contributed by atoms with Crippen LogP contribution in [0.2, 0.25) is 0 Å². The molecular formula is C12H12N4O3S2. The molecule has 0 radical (unpaired) electrons. The zero-order chi connectivity index (χ0) is 15.0. The summed E-state index contributed by atoms with van der Waals surface area (Å²) in [4.78, 5) is 8.92. The first-order chi connectivity index (χ1) is 9.97. The van der Waals surface area contributed by atoms with Gasteiger partial charge in [-0.05, 0) is 18.4 Å². The van der Waals surface area contributed by atoms with Crippen molar-refractivity contribution in [1.29, 1.82) is 0 Å². The maximum Gasteiger partial charge on any atom is 0.245 e. The molecule has 3 heterocycles. The molecule has 0 aromatic carbocycles. The highest BCUT2D eigenvalue weighted by atomic mass is 32.2. The maximum absolute atomic E-state index is 12.3. The Morgan fingerprint density at radius 3 is 2.86 bits per heavy atom. The summed E-state index contributed by atoms with van der Waals surface area (Å²) in [6.07, 6.45) is 1.21. The van der Waals surface area contributed by atoms with Gasteiger partial charge in [0.15, 0.2) is 0 Å². The van der Waals surface area contributed by atoms with Gasteiger partial charge in [0.25, 0.3) is 0 Å². The van der Waals surface area contributed by atoms with Crippen LogP contribution in [0, 0.1) is 6.92 Å². The molecule has 3 rings (SSSR count). The monoisotopic (exact) mass is 324 g/mol. The molecule has 0 spiro atoms. The van der Waals surface area contributed by atoms with Crippen molar-refractivity contribution in [2.45, 2.75) is 17.8 Å². The van der Waals surface area contributed by atoms with Gasteiger partial charge in [-0.1, -0.05) is 6.07 Å². The Balaban J connectivity index is 1.94. The van der Waals surface area contributed by atoms with Gasteiger partial charge in [0, 0.05) is 7.05 Å². The number of hydrogen-bond acceptors (Lipinski definition) is 7. The van der Waals surface area contributed by atoms with Crippen molar-refractivity contribution in [3.8, 4) is 10.8 Å². The highest BCUT2D eigenvalue weighted by Crippen LogP contribution is 2.27. The highest BCUT2D eigenvalue weighted by Gasteiger charge is 2.25. The molecule has 0 aliphatic rings. The Labute approximate surface area is 125 Å². The van der Waals surface area contributed by atoms with Crippen LogP contribution >= 0.6 is 11.3 Å². The van der Waals surface area contributed by atoms with Crippen LogP contribution in [0.4, 0.5) is 0 Å². The number of rotatable bonds is 4. The van der Waals surface area contributed by atoms with E-state index in [1.165, 1.54) is 29.4 Å². The molecule has 21 heavy (non-hydrogen) atoms. The fourth-order valence-electron chi connectivity index (χ4n) is 1.88. The van der Waals surface area contributed by atoms with Crippen LogP contribution in [-0.2, 0) is 22.6 Å². The van der Waals surface area contributed by atoms with Gasteiger partial charge < -0.3 is 4.42 Å². The van der Waals surface area contributed by atoms with Crippen LogP contribution in [0.25, 0.3) is 10.8 Å². The summed E-state index contributed by atoms with van der Waals surface area (Å²) in [5.41, 5.74) is 0.390. The first-order valence-electron chi connectivity index (χ1n) is 6.04. The van der Waals surface area contributed by atoms with Crippen molar-refractivity contribution in [2.75, 3.05) is 0 Å². The number of aromatic nitrogens is 4. The van der Waals surface area contributed by atoms with Gasteiger partial charge in [0.05, 0.1) is 10.6 Å². The number of nitrogens with zero attached hydrogens (tertiary/aromatic N) is 4. The smallest absolute Gasteiger partial charge is 0.245 e. The molecule has 0 aliphatic carbocycles. The van der Waals surface area contributed by atoms with Crippen molar-refractivity contribution in [3.63, 3.8) is 0 Å². The summed E-state index contributed by atoms with van der Waals surface area (Å²) in [6.45, 7) is 1.70. The third kappa shape index (κ3) is 2.61. The molecule has 0 aliphatic heterocycles. The maximum atomic E-state index is 12.3. The Morgan fingerprint density at radius 1 is 1.43 bits per heavy atom. The Morgan fingerprint density at radius 2 is 2.24 bits per heavy atom. The van der Waals surface area contributed by atoms with E-state index in [-0.39, 0.29) is 10.9 Å². The fourth-order valence-corrected chi connectivity index (χ4v) is 3.94. The van der Waals surface area contributed by atoms with Gasteiger partial charge in [-0.2, -0.15) is 5.10 Å². The zero-order valence-electron chi connectivity index (χ0n) is 11.3. The lowest BCUT2D eigenvalue weighted by molar-refractivity contribution is 0.540. The van der Waals surface area contributed by atoms with Crippen molar-refractivity contribution in [3.05, 3.63) is 35.3 Å². The highest BCUT2D eigenvalue weighted by molar-refractivity contribution is 7.90. The molecule has 0 bridgehead atoms. The van der Waals surface area contributed by atoms with Gasteiger partial charge >= 0.3 is 0 Å². The molecule has 3 aromatic heterocycles. The Hall–Kier alpha value is -2.00. The average molecular weight is 324 g/mol. The third-order valence-electron chi connectivity index (χ3n) is 2.90. The summed E-state index contributed by atoms with van der Waals surface area (Å²) in [5.74, 6) is 0.662. The molecule has 0 fully saturated rings. The second-order valence-electron chi connectivity index (χ2n) is 4.42. The van der Waals surface area contributed by atoms with E-state index >= 15 is 0 Å². The number of aryl methyl sites for hydroxylation is 2.